The molecular weight excluding hydrogens is 332 g/mol. The number of Topliss-reactive ketones (excluding diaryl/α,β-unsaturated/α-hetero) is 2. The highest BCUT2D eigenvalue weighted by atomic mass is 35.5. The summed E-state index contributed by atoms with van der Waals surface area (Å²) in [7, 11) is 1.60. The van der Waals surface area contributed by atoms with Gasteiger partial charge in [0.2, 0.25) is 11.6 Å². The highest BCUT2D eigenvalue weighted by Crippen LogP contribution is 2.27. The smallest absolute Gasteiger partial charge is 0.341 e. The molecule has 0 spiro atoms. The maximum absolute atomic E-state index is 12.7. The topological polar surface area (TPSA) is 95.5 Å². The molecule has 0 fully saturated rings. The fraction of sp³-hybridized carbons (Fsp3) is 0.118. The van der Waals surface area contributed by atoms with Crippen molar-refractivity contribution in [3.8, 4) is 0 Å². The van der Waals surface area contributed by atoms with Crippen molar-refractivity contribution in [3.05, 3.63) is 59.7 Å². The lowest BCUT2D eigenvalue weighted by atomic mass is 9.98. The number of carbonyl (C=O) groups is 3. The van der Waals surface area contributed by atoms with Gasteiger partial charge in [0.05, 0.1) is 5.56 Å². The van der Waals surface area contributed by atoms with Crippen molar-refractivity contribution in [2.24, 2.45) is 0 Å². The van der Waals surface area contributed by atoms with Gasteiger partial charge >= 0.3 is 5.97 Å². The third-order valence-corrected chi connectivity index (χ3v) is 3.60. The second-order valence-electron chi connectivity index (χ2n) is 4.85. The number of anilines is 2. The van der Waals surface area contributed by atoms with Crippen LogP contribution in [0.2, 0.25) is 0 Å². The van der Waals surface area contributed by atoms with E-state index in [1.165, 1.54) is 18.2 Å². The van der Waals surface area contributed by atoms with Gasteiger partial charge in [-0.1, -0.05) is 48.0 Å². The van der Waals surface area contributed by atoms with Crippen molar-refractivity contribution < 1.29 is 19.5 Å². The van der Waals surface area contributed by atoms with Crippen LogP contribution in [0.5, 0.6) is 0 Å². The Morgan fingerprint density at radius 2 is 1.58 bits per heavy atom. The summed E-state index contributed by atoms with van der Waals surface area (Å²) < 4.78 is 0. The molecule has 7 heteroatoms. The Morgan fingerprint density at radius 1 is 0.958 bits per heavy atom. The number of benzene rings is 2. The summed E-state index contributed by atoms with van der Waals surface area (Å²) in [5.74, 6) is -2.75. The first-order valence-corrected chi connectivity index (χ1v) is 7.47. The van der Waals surface area contributed by atoms with Crippen LogP contribution in [-0.4, -0.2) is 35.2 Å². The van der Waals surface area contributed by atoms with Gasteiger partial charge in [0.25, 0.3) is 0 Å². The lowest BCUT2D eigenvalue weighted by Crippen LogP contribution is -2.25. The molecular formula is C17H15ClN2O4. The summed E-state index contributed by atoms with van der Waals surface area (Å²) >= 11 is 5.69. The van der Waals surface area contributed by atoms with Crippen LogP contribution >= 0.6 is 11.6 Å². The quantitative estimate of drug-likeness (QED) is 0.309. The minimum atomic E-state index is -1.43. The molecule has 0 saturated heterocycles. The minimum absolute atomic E-state index is 0.0424. The molecule has 0 radical (unpaired) electrons. The second kappa shape index (κ2) is 7.61. The van der Waals surface area contributed by atoms with Crippen molar-refractivity contribution >= 4 is 40.5 Å². The van der Waals surface area contributed by atoms with E-state index >= 15 is 0 Å². The Labute approximate surface area is 143 Å². The fourth-order valence-electron chi connectivity index (χ4n) is 2.16. The lowest BCUT2D eigenvalue weighted by molar-refractivity contribution is -0.136. The molecule has 0 heterocycles. The monoisotopic (exact) mass is 346 g/mol. The maximum Gasteiger partial charge on any atom is 0.341 e. The summed E-state index contributed by atoms with van der Waals surface area (Å²) in [6.45, 7) is 0. The average Bonchev–Trinajstić information content (AvgIpc) is 2.60. The number of alkyl halides is 1. The Kier molecular flexibility index (Phi) is 5.55. The zero-order valence-corrected chi connectivity index (χ0v) is 13.5. The van der Waals surface area contributed by atoms with Gasteiger partial charge < -0.3 is 15.7 Å². The van der Waals surface area contributed by atoms with E-state index in [0.29, 0.717) is 5.69 Å². The third kappa shape index (κ3) is 3.72. The van der Waals surface area contributed by atoms with Crippen molar-refractivity contribution in [2.75, 3.05) is 17.7 Å². The number of ketones is 2. The molecule has 1 atom stereocenters. The van der Waals surface area contributed by atoms with E-state index in [2.05, 4.69) is 10.6 Å². The molecule has 6 nitrogen and oxygen atoms in total. The van der Waals surface area contributed by atoms with Crippen LogP contribution < -0.4 is 10.6 Å². The van der Waals surface area contributed by atoms with Crippen LogP contribution in [-0.2, 0) is 4.79 Å². The zero-order valence-electron chi connectivity index (χ0n) is 12.7. The standard InChI is InChI=1S/C17H15ClN2O4/c1-19-11-8-5-9-12(20-16(18)17(23)24)13(11)15(22)14(21)10-6-3-2-4-7-10/h2-9,16,19-20H,1H3,(H,23,24). The molecule has 0 amide bonds. The van der Waals surface area contributed by atoms with Crippen LogP contribution in [0.15, 0.2) is 48.5 Å². The molecule has 0 aliphatic rings. The molecule has 3 N–H and O–H groups in total. The van der Waals surface area contributed by atoms with Crippen molar-refractivity contribution in [3.63, 3.8) is 0 Å². The third-order valence-electron chi connectivity index (χ3n) is 3.30. The highest BCUT2D eigenvalue weighted by Gasteiger charge is 2.25. The molecule has 24 heavy (non-hydrogen) atoms. The first kappa shape index (κ1) is 17.5. The normalized spacial score (nSPS) is 11.4. The number of aliphatic carboxylic acids is 1. The predicted octanol–water partition coefficient (Wildman–Crippen LogP) is 2.86. The van der Waals surface area contributed by atoms with Gasteiger partial charge in [0.15, 0.2) is 5.50 Å². The van der Waals surface area contributed by atoms with Gasteiger partial charge in [-0.15, -0.1) is 0 Å². The van der Waals surface area contributed by atoms with E-state index in [1.807, 2.05) is 0 Å². The zero-order chi connectivity index (χ0) is 17.7. The predicted molar refractivity (Wildman–Crippen MR) is 92.0 cm³/mol. The molecule has 0 aromatic heterocycles. The van der Waals surface area contributed by atoms with Crippen LogP contribution in [0.3, 0.4) is 0 Å². The van der Waals surface area contributed by atoms with Gasteiger partial charge in [-0.2, -0.15) is 0 Å². The SMILES string of the molecule is CNc1cccc(NC(Cl)C(=O)O)c1C(=O)C(=O)c1ccccc1. The van der Waals surface area contributed by atoms with Gasteiger partial charge in [-0.3, -0.25) is 9.59 Å². The second-order valence-corrected chi connectivity index (χ2v) is 5.28. The minimum Gasteiger partial charge on any atom is -0.479 e. The van der Waals surface area contributed by atoms with Crippen molar-refractivity contribution in [1.29, 1.82) is 0 Å². The van der Waals surface area contributed by atoms with E-state index < -0.39 is 23.0 Å². The highest BCUT2D eigenvalue weighted by molar-refractivity contribution is 6.51. The Morgan fingerprint density at radius 3 is 2.17 bits per heavy atom. The van der Waals surface area contributed by atoms with E-state index in [1.54, 1.807) is 37.4 Å². The lowest BCUT2D eigenvalue weighted by Gasteiger charge is -2.16. The van der Waals surface area contributed by atoms with Crippen LogP contribution in [0.4, 0.5) is 11.4 Å². The van der Waals surface area contributed by atoms with Crippen molar-refractivity contribution in [1.82, 2.24) is 0 Å². The van der Waals surface area contributed by atoms with Gasteiger partial charge in [0, 0.05) is 24.0 Å². The van der Waals surface area contributed by atoms with E-state index in [-0.39, 0.29) is 16.8 Å². The first-order valence-electron chi connectivity index (χ1n) is 7.04. The fourth-order valence-corrected chi connectivity index (χ4v) is 2.28. The van der Waals surface area contributed by atoms with Gasteiger partial charge in [0.1, 0.15) is 0 Å². The summed E-state index contributed by atoms with van der Waals surface area (Å²) in [4.78, 5) is 36.0. The van der Waals surface area contributed by atoms with Gasteiger partial charge in [-0.05, 0) is 12.1 Å². The number of carboxylic acid groups (broad SMARTS) is 1. The summed E-state index contributed by atoms with van der Waals surface area (Å²) in [6.07, 6.45) is 0. The molecule has 1 unspecified atom stereocenters. The molecule has 0 saturated carbocycles. The Balaban J connectivity index is 2.45. The number of nitrogens with one attached hydrogen (secondary N) is 2. The largest absolute Gasteiger partial charge is 0.479 e. The first-order chi connectivity index (χ1) is 11.5. The maximum atomic E-state index is 12.7. The molecule has 0 aliphatic carbocycles. The molecule has 0 bridgehead atoms. The van der Waals surface area contributed by atoms with Crippen LogP contribution in [0.1, 0.15) is 20.7 Å². The summed E-state index contributed by atoms with van der Waals surface area (Å²) in [6, 6.07) is 12.8. The number of hydrogen-bond donors (Lipinski definition) is 3. The number of carbonyl (C=O) groups excluding carboxylic acids is 2. The summed E-state index contributed by atoms with van der Waals surface area (Å²) in [5.41, 5.74) is -0.585. The van der Waals surface area contributed by atoms with Crippen molar-refractivity contribution in [2.45, 2.75) is 5.50 Å². The number of rotatable bonds is 7. The van der Waals surface area contributed by atoms with Crippen LogP contribution in [0.25, 0.3) is 0 Å². The molecule has 124 valence electrons. The molecule has 2 rings (SSSR count). The molecule has 2 aromatic rings. The number of carboxylic acids is 1. The average molecular weight is 347 g/mol. The molecule has 2 aromatic carbocycles. The number of halogens is 1. The number of hydrogen-bond acceptors (Lipinski definition) is 5. The van der Waals surface area contributed by atoms with E-state index in [0.717, 1.165) is 0 Å². The van der Waals surface area contributed by atoms with E-state index in [9.17, 15) is 14.4 Å². The summed E-state index contributed by atoms with van der Waals surface area (Å²) in [5, 5.41) is 14.3. The Bertz CT molecular complexity index is 777. The Hall–Kier alpha value is -2.86. The van der Waals surface area contributed by atoms with Gasteiger partial charge in [-0.25, -0.2) is 4.79 Å². The molecule has 0 aliphatic heterocycles. The van der Waals surface area contributed by atoms with E-state index in [4.69, 9.17) is 16.7 Å². The van der Waals surface area contributed by atoms with Crippen LogP contribution in [0, 0.1) is 0 Å².